The number of hydrogen-bond acceptors (Lipinski definition) is 4. The molecule has 0 radical (unpaired) electrons. The average Bonchev–Trinajstić information content (AvgIpc) is 2.15. The summed E-state index contributed by atoms with van der Waals surface area (Å²) < 4.78 is 0. The highest BCUT2D eigenvalue weighted by Gasteiger charge is 2.24. The molecule has 1 heterocycles. The van der Waals surface area contributed by atoms with Gasteiger partial charge in [0.15, 0.2) is 0 Å². The molecule has 112 valence electrons. The number of nitrogens with one attached hydrogen (secondary N) is 1. The van der Waals surface area contributed by atoms with E-state index in [9.17, 15) is 9.90 Å². The summed E-state index contributed by atoms with van der Waals surface area (Å²) in [7, 11) is 0. The van der Waals surface area contributed by atoms with Gasteiger partial charge in [-0.15, -0.1) is 0 Å². The number of nitrogens with zero attached hydrogens (tertiary/aromatic N) is 2. The van der Waals surface area contributed by atoms with Crippen LogP contribution in [0.15, 0.2) is 0 Å². The molecule has 1 aliphatic rings. The average molecular weight is 271 g/mol. The van der Waals surface area contributed by atoms with Crippen molar-refractivity contribution in [2.45, 2.75) is 45.8 Å². The van der Waals surface area contributed by atoms with E-state index in [1.807, 2.05) is 34.6 Å². The predicted molar refractivity (Wildman–Crippen MR) is 77.1 cm³/mol. The largest absolute Gasteiger partial charge is 0.389 e. The van der Waals surface area contributed by atoms with E-state index in [1.165, 1.54) is 0 Å². The Hall–Kier alpha value is -0.650. The predicted octanol–water partition coefficient (Wildman–Crippen LogP) is 0.290. The third kappa shape index (κ3) is 7.50. The zero-order valence-electron chi connectivity index (χ0n) is 13.0. The lowest BCUT2D eigenvalue weighted by Gasteiger charge is -2.37. The second-order valence-electron chi connectivity index (χ2n) is 7.16. The molecule has 0 bridgehead atoms. The van der Waals surface area contributed by atoms with Crippen LogP contribution in [0.1, 0.15) is 34.6 Å². The van der Waals surface area contributed by atoms with Gasteiger partial charge >= 0.3 is 0 Å². The van der Waals surface area contributed by atoms with Crippen LogP contribution in [0.3, 0.4) is 0 Å². The smallest absolute Gasteiger partial charge is 0.234 e. The van der Waals surface area contributed by atoms with E-state index in [-0.39, 0.29) is 11.4 Å². The topological polar surface area (TPSA) is 55.8 Å². The third-order valence-electron chi connectivity index (χ3n) is 2.96. The van der Waals surface area contributed by atoms with Crippen LogP contribution >= 0.6 is 0 Å². The molecule has 0 aromatic carbocycles. The molecule has 5 heteroatoms. The van der Waals surface area contributed by atoms with Crippen LogP contribution in [0.5, 0.6) is 0 Å². The maximum atomic E-state index is 11.8. The van der Waals surface area contributed by atoms with Gasteiger partial charge in [0.2, 0.25) is 5.91 Å². The van der Waals surface area contributed by atoms with Crippen LogP contribution in [-0.2, 0) is 4.79 Å². The van der Waals surface area contributed by atoms with Crippen LogP contribution in [0.2, 0.25) is 0 Å². The van der Waals surface area contributed by atoms with Gasteiger partial charge in [0, 0.05) is 38.3 Å². The molecule has 0 atom stereocenters. The standard InChI is InChI=1S/C14H29N3O2/c1-13(2,3)15-12(18)10-16-6-8-17(9-7-16)11-14(4,5)19/h19H,6-11H2,1-5H3,(H,15,18). The minimum absolute atomic E-state index is 0.0865. The second kappa shape index (κ2) is 6.20. The Morgan fingerprint density at radius 2 is 1.53 bits per heavy atom. The summed E-state index contributed by atoms with van der Waals surface area (Å²) in [6.45, 7) is 14.4. The molecule has 19 heavy (non-hydrogen) atoms. The van der Waals surface area contributed by atoms with Crippen molar-refractivity contribution in [3.8, 4) is 0 Å². The van der Waals surface area contributed by atoms with Crippen LogP contribution in [0, 0.1) is 0 Å². The summed E-state index contributed by atoms with van der Waals surface area (Å²) in [6, 6.07) is 0. The normalized spacial score (nSPS) is 19.5. The Balaban J connectivity index is 2.29. The van der Waals surface area contributed by atoms with Crippen molar-refractivity contribution in [3.05, 3.63) is 0 Å². The van der Waals surface area contributed by atoms with Crippen LogP contribution in [0.25, 0.3) is 0 Å². The molecule has 1 amide bonds. The highest BCUT2D eigenvalue weighted by atomic mass is 16.3. The van der Waals surface area contributed by atoms with Crippen LogP contribution in [-0.4, -0.2) is 71.2 Å². The number of carbonyl (C=O) groups excluding carboxylic acids is 1. The molecule has 0 aromatic heterocycles. The molecule has 1 aliphatic heterocycles. The molecule has 1 fully saturated rings. The van der Waals surface area contributed by atoms with E-state index >= 15 is 0 Å². The van der Waals surface area contributed by atoms with Gasteiger partial charge in [-0.1, -0.05) is 0 Å². The van der Waals surface area contributed by atoms with Gasteiger partial charge in [0.05, 0.1) is 12.1 Å². The summed E-state index contributed by atoms with van der Waals surface area (Å²) >= 11 is 0. The Morgan fingerprint density at radius 3 is 1.95 bits per heavy atom. The van der Waals surface area contributed by atoms with E-state index in [0.29, 0.717) is 13.1 Å². The van der Waals surface area contributed by atoms with Gasteiger partial charge in [-0.05, 0) is 34.6 Å². The van der Waals surface area contributed by atoms with E-state index in [0.717, 1.165) is 26.2 Å². The molecule has 0 saturated carbocycles. The molecule has 1 saturated heterocycles. The van der Waals surface area contributed by atoms with Crippen molar-refractivity contribution < 1.29 is 9.90 Å². The zero-order chi connectivity index (χ0) is 14.7. The molecule has 5 nitrogen and oxygen atoms in total. The Kier molecular flexibility index (Phi) is 5.35. The maximum absolute atomic E-state index is 11.8. The lowest BCUT2D eigenvalue weighted by molar-refractivity contribution is -0.124. The van der Waals surface area contributed by atoms with Crippen molar-refractivity contribution in [2.24, 2.45) is 0 Å². The summed E-state index contributed by atoms with van der Waals surface area (Å²) in [4.78, 5) is 16.2. The summed E-state index contributed by atoms with van der Waals surface area (Å²) in [5, 5.41) is 12.8. The fraction of sp³-hybridized carbons (Fsp3) is 0.929. The highest BCUT2D eigenvalue weighted by Crippen LogP contribution is 2.08. The molecule has 0 aromatic rings. The van der Waals surface area contributed by atoms with E-state index in [4.69, 9.17) is 0 Å². The maximum Gasteiger partial charge on any atom is 0.234 e. The number of carbonyl (C=O) groups is 1. The van der Waals surface area contributed by atoms with E-state index < -0.39 is 5.60 Å². The SMILES string of the molecule is CC(C)(O)CN1CCN(CC(=O)NC(C)(C)C)CC1. The lowest BCUT2D eigenvalue weighted by atomic mass is 10.1. The molecule has 0 aliphatic carbocycles. The van der Waals surface area contributed by atoms with E-state index in [2.05, 4.69) is 15.1 Å². The molecule has 0 unspecified atom stereocenters. The van der Waals surface area contributed by atoms with Gasteiger partial charge in [-0.3, -0.25) is 14.6 Å². The Bertz CT molecular complexity index is 297. The van der Waals surface area contributed by atoms with Crippen molar-refractivity contribution in [1.82, 2.24) is 15.1 Å². The van der Waals surface area contributed by atoms with Gasteiger partial charge < -0.3 is 10.4 Å². The van der Waals surface area contributed by atoms with E-state index in [1.54, 1.807) is 0 Å². The first-order valence-corrected chi connectivity index (χ1v) is 7.03. The number of amides is 1. The summed E-state index contributed by atoms with van der Waals surface area (Å²) in [5.41, 5.74) is -0.814. The molecular weight excluding hydrogens is 242 g/mol. The number of rotatable bonds is 4. The van der Waals surface area contributed by atoms with Gasteiger partial charge in [-0.2, -0.15) is 0 Å². The first-order chi connectivity index (χ1) is 8.55. The fourth-order valence-corrected chi connectivity index (χ4v) is 2.31. The number of β-amino-alcohol motifs (C(OH)–C–C–N with tert-alkyl or cyclic N) is 1. The molecule has 2 N–H and O–H groups in total. The molecule has 1 rings (SSSR count). The summed E-state index contributed by atoms with van der Waals surface area (Å²) in [5.74, 6) is 0.0865. The monoisotopic (exact) mass is 271 g/mol. The minimum Gasteiger partial charge on any atom is -0.389 e. The lowest BCUT2D eigenvalue weighted by Crippen LogP contribution is -2.53. The van der Waals surface area contributed by atoms with Crippen LogP contribution < -0.4 is 5.32 Å². The van der Waals surface area contributed by atoms with Gasteiger partial charge in [0.1, 0.15) is 0 Å². The quantitative estimate of drug-likeness (QED) is 0.772. The van der Waals surface area contributed by atoms with Crippen molar-refractivity contribution in [3.63, 3.8) is 0 Å². The number of hydrogen-bond donors (Lipinski definition) is 2. The Labute approximate surface area is 117 Å². The molecular formula is C14H29N3O2. The van der Waals surface area contributed by atoms with Gasteiger partial charge in [0.25, 0.3) is 0 Å². The van der Waals surface area contributed by atoms with Gasteiger partial charge in [-0.25, -0.2) is 0 Å². The fourth-order valence-electron chi connectivity index (χ4n) is 2.31. The first kappa shape index (κ1) is 16.4. The Morgan fingerprint density at radius 1 is 1.05 bits per heavy atom. The summed E-state index contributed by atoms with van der Waals surface area (Å²) in [6.07, 6.45) is 0. The first-order valence-electron chi connectivity index (χ1n) is 7.03. The third-order valence-corrected chi connectivity index (χ3v) is 2.96. The van der Waals surface area contributed by atoms with Crippen molar-refractivity contribution >= 4 is 5.91 Å². The molecule has 0 spiro atoms. The number of aliphatic hydroxyl groups is 1. The number of piperazine rings is 1. The second-order valence-corrected chi connectivity index (χ2v) is 7.16. The zero-order valence-corrected chi connectivity index (χ0v) is 13.0. The highest BCUT2D eigenvalue weighted by molar-refractivity contribution is 5.78. The van der Waals surface area contributed by atoms with Crippen LogP contribution in [0.4, 0.5) is 0 Å². The van der Waals surface area contributed by atoms with Crippen molar-refractivity contribution in [2.75, 3.05) is 39.3 Å². The van der Waals surface area contributed by atoms with Crippen molar-refractivity contribution in [1.29, 1.82) is 0 Å². The minimum atomic E-state index is -0.647.